The molecule has 13 nitrogen and oxygen atoms in total. The van der Waals surface area contributed by atoms with Gasteiger partial charge in [0.1, 0.15) is 17.5 Å². The highest BCUT2D eigenvalue weighted by Crippen LogP contribution is 2.33. The second kappa shape index (κ2) is 13.3. The van der Waals surface area contributed by atoms with Gasteiger partial charge in [-0.25, -0.2) is 13.8 Å². The normalized spacial score (nSPS) is 18.1. The van der Waals surface area contributed by atoms with E-state index >= 15 is 0 Å². The number of hydrogen-bond donors (Lipinski definition) is 5. The summed E-state index contributed by atoms with van der Waals surface area (Å²) in [7, 11) is -2.05. The molecular formula is C28H35F2N9O4S. The summed E-state index contributed by atoms with van der Waals surface area (Å²) >= 11 is 0. The van der Waals surface area contributed by atoms with Gasteiger partial charge in [0, 0.05) is 75.4 Å². The quantitative estimate of drug-likeness (QED) is 0.101. The lowest BCUT2D eigenvalue weighted by molar-refractivity contribution is 0.0904. The van der Waals surface area contributed by atoms with Gasteiger partial charge in [0.2, 0.25) is 4.90 Å². The van der Waals surface area contributed by atoms with Crippen LogP contribution in [0.15, 0.2) is 58.7 Å². The standard InChI is InChI=1S/C28H35F2N9O4S/c1-37-6-8-38(9-7-37)22-2-3-26(25(15-22)34-20-4-10-43-11-5-20)39(40)35-28(32)24-16-23(17-33-27(24)31)44(41,42)36-21-13-18(29)12-19(30)14-21/h2-3,12-17,20,34H,4-11H2,1H3,(H2,31,33)(H2,32,35)(H2,36,41,42). The molecule has 3 aromatic rings. The fourth-order valence-corrected chi connectivity index (χ4v) is 6.01. The number of pyridine rings is 1. The van der Waals surface area contributed by atoms with Crippen LogP contribution in [0.1, 0.15) is 18.4 Å². The first-order valence-corrected chi connectivity index (χ1v) is 15.5. The minimum atomic E-state index is -4.12. The van der Waals surface area contributed by atoms with Gasteiger partial charge in [0.05, 0.1) is 28.8 Å². The van der Waals surface area contributed by atoms with Crippen molar-refractivity contribution in [1.29, 1.82) is 0 Å². The van der Waals surface area contributed by atoms with Gasteiger partial charge in [-0.15, -0.1) is 0 Å². The Hall–Kier alpha value is -4.09. The number of aromatic nitrogens is 1. The number of likely N-dealkylation sites (N-methyl/N-ethyl adjacent to an activating group) is 1. The molecular weight excluding hydrogens is 596 g/mol. The molecule has 44 heavy (non-hydrogen) atoms. The Balaban J connectivity index is 1.42. The number of nitrogens with one attached hydrogen (secondary N) is 2. The number of nitrogens with two attached hydrogens (primary N) is 2. The number of anilines is 5. The Morgan fingerprint density at radius 3 is 2.50 bits per heavy atom. The third-order valence-electron chi connectivity index (χ3n) is 7.44. The van der Waals surface area contributed by atoms with Crippen LogP contribution in [0.2, 0.25) is 0 Å². The Labute approximate surface area is 254 Å². The van der Waals surface area contributed by atoms with E-state index in [4.69, 9.17) is 16.2 Å². The van der Waals surface area contributed by atoms with Gasteiger partial charge >= 0.3 is 10.4 Å². The van der Waals surface area contributed by atoms with Crippen LogP contribution in [0.25, 0.3) is 0 Å². The number of hydrogen-bond acceptors (Lipinski definition) is 10. The van der Waals surface area contributed by atoms with E-state index in [2.05, 4.69) is 37.0 Å². The molecule has 0 bridgehead atoms. The highest BCUT2D eigenvalue weighted by molar-refractivity contribution is 7.99. The zero-order valence-corrected chi connectivity index (χ0v) is 24.9. The Bertz CT molecular complexity index is 1550. The van der Waals surface area contributed by atoms with Crippen molar-refractivity contribution in [2.75, 3.05) is 72.3 Å². The summed E-state index contributed by atoms with van der Waals surface area (Å²) in [5, 5.41) is 21.2. The van der Waals surface area contributed by atoms with Gasteiger partial charge in [0.25, 0.3) is 0 Å². The SMILES string of the molecule is CN1CCN(c2ccc(N([O-])N=C(N)c3cc([S+](=O)(O)Nc4cc(F)cc(F)c4)cnc3N)c(NC3CCOCC3)c2)CC1. The van der Waals surface area contributed by atoms with Crippen molar-refractivity contribution in [3.8, 4) is 0 Å². The van der Waals surface area contributed by atoms with Crippen molar-refractivity contribution in [2.24, 2.45) is 10.8 Å². The summed E-state index contributed by atoms with van der Waals surface area (Å²) in [4.78, 5) is 8.12. The summed E-state index contributed by atoms with van der Waals surface area (Å²) in [6, 6.07) is 9.01. The van der Waals surface area contributed by atoms with Crippen molar-refractivity contribution in [2.45, 2.75) is 23.8 Å². The second-order valence-electron chi connectivity index (χ2n) is 10.7. The van der Waals surface area contributed by atoms with Crippen LogP contribution in [0.3, 0.4) is 0 Å². The van der Waals surface area contributed by atoms with Gasteiger partial charge in [-0.1, -0.05) is 0 Å². The van der Waals surface area contributed by atoms with Gasteiger partial charge in [0.15, 0.2) is 5.84 Å². The van der Waals surface area contributed by atoms with Crippen molar-refractivity contribution in [3.63, 3.8) is 0 Å². The van der Waals surface area contributed by atoms with Gasteiger partial charge in [-0.2, -0.15) is 14.4 Å². The van der Waals surface area contributed by atoms with Crippen LogP contribution in [0.5, 0.6) is 0 Å². The molecule has 2 saturated heterocycles. The number of nitrogens with zero attached hydrogens (tertiary/aromatic N) is 5. The highest BCUT2D eigenvalue weighted by atomic mass is 32.3. The number of halogens is 2. The van der Waals surface area contributed by atoms with E-state index in [-0.39, 0.29) is 39.5 Å². The number of amidine groups is 1. The third kappa shape index (κ3) is 7.51. The maximum Gasteiger partial charge on any atom is 0.347 e. The molecule has 2 fully saturated rings. The van der Waals surface area contributed by atoms with E-state index < -0.39 is 22.0 Å². The second-order valence-corrected chi connectivity index (χ2v) is 12.4. The van der Waals surface area contributed by atoms with Gasteiger partial charge in [-0.3, -0.25) is 0 Å². The van der Waals surface area contributed by atoms with E-state index in [9.17, 15) is 22.7 Å². The third-order valence-corrected chi connectivity index (χ3v) is 8.82. The Morgan fingerprint density at radius 1 is 1.14 bits per heavy atom. The number of ether oxygens (including phenoxy) is 1. The fourth-order valence-electron chi connectivity index (χ4n) is 4.98. The zero-order valence-electron chi connectivity index (χ0n) is 24.1. The van der Waals surface area contributed by atoms with E-state index in [0.717, 1.165) is 69.1 Å². The van der Waals surface area contributed by atoms with Crippen LogP contribution < -0.4 is 31.6 Å². The van der Waals surface area contributed by atoms with Crippen molar-refractivity contribution < 1.29 is 22.3 Å². The Kier molecular flexibility index (Phi) is 9.45. The molecule has 3 heterocycles. The predicted octanol–water partition coefficient (Wildman–Crippen LogP) is 3.27. The summed E-state index contributed by atoms with van der Waals surface area (Å²) in [6.07, 6.45) is 2.56. The first-order chi connectivity index (χ1) is 21.0. The summed E-state index contributed by atoms with van der Waals surface area (Å²) in [5.74, 6) is -2.39. The Morgan fingerprint density at radius 2 is 1.82 bits per heavy atom. The van der Waals surface area contributed by atoms with Crippen molar-refractivity contribution in [3.05, 3.63) is 71.1 Å². The molecule has 2 aliphatic rings. The van der Waals surface area contributed by atoms with Gasteiger partial charge in [-0.05, 0) is 42.3 Å². The molecule has 2 aliphatic heterocycles. The highest BCUT2D eigenvalue weighted by Gasteiger charge is 2.32. The molecule has 0 saturated carbocycles. The number of benzene rings is 2. The van der Waals surface area contributed by atoms with Crippen LogP contribution in [0, 0.1) is 16.8 Å². The topological polar surface area (TPSA) is 181 Å². The lowest BCUT2D eigenvalue weighted by Crippen LogP contribution is -2.44. The number of hydrazone groups is 1. The van der Waals surface area contributed by atoms with Crippen molar-refractivity contribution in [1.82, 2.24) is 9.88 Å². The molecule has 1 unspecified atom stereocenters. The molecule has 7 N–H and O–H groups in total. The molecule has 16 heteroatoms. The fraction of sp³-hybridized carbons (Fsp3) is 0.357. The van der Waals surface area contributed by atoms with Gasteiger partial charge < -0.3 is 41.7 Å². The van der Waals surface area contributed by atoms with Crippen LogP contribution >= 0.6 is 0 Å². The maximum atomic E-state index is 13.6. The van der Waals surface area contributed by atoms with E-state index in [1.165, 1.54) is 0 Å². The monoisotopic (exact) mass is 631 g/mol. The van der Waals surface area contributed by atoms with Crippen LogP contribution in [-0.4, -0.2) is 72.8 Å². The molecule has 5 rings (SSSR count). The molecule has 0 spiro atoms. The van der Waals surface area contributed by atoms with Crippen LogP contribution in [0.4, 0.5) is 37.3 Å². The zero-order chi connectivity index (χ0) is 31.4. The average Bonchev–Trinajstić information content (AvgIpc) is 2.97. The summed E-state index contributed by atoms with van der Waals surface area (Å²) in [5.41, 5.74) is 13.6. The lowest BCUT2D eigenvalue weighted by Gasteiger charge is -2.36. The van der Waals surface area contributed by atoms with E-state index in [1.807, 2.05) is 12.1 Å². The molecule has 1 aromatic heterocycles. The van der Waals surface area contributed by atoms with Crippen LogP contribution in [-0.2, 0) is 19.3 Å². The van der Waals surface area contributed by atoms with E-state index in [1.54, 1.807) is 6.07 Å². The summed E-state index contributed by atoms with van der Waals surface area (Å²) in [6.45, 7) is 4.75. The number of nitrogen functional groups attached to an aromatic ring is 1. The van der Waals surface area contributed by atoms with E-state index in [0.29, 0.717) is 30.1 Å². The summed E-state index contributed by atoms with van der Waals surface area (Å²) < 4.78 is 58.6. The minimum absolute atomic E-state index is 0.0784. The lowest BCUT2D eigenvalue weighted by atomic mass is 10.1. The molecule has 0 amide bonds. The molecule has 0 aliphatic carbocycles. The molecule has 236 valence electrons. The smallest absolute Gasteiger partial charge is 0.347 e. The average molecular weight is 632 g/mol. The first kappa shape index (κ1) is 31.3. The largest absolute Gasteiger partial charge is 0.737 e. The predicted molar refractivity (Wildman–Crippen MR) is 168 cm³/mol. The number of piperazine rings is 1. The maximum absolute atomic E-state index is 13.6. The molecule has 2 aromatic carbocycles. The molecule has 0 radical (unpaired) electrons. The minimum Gasteiger partial charge on any atom is -0.737 e. The molecule has 1 atom stereocenters. The van der Waals surface area contributed by atoms with Crippen molar-refractivity contribution >= 4 is 44.8 Å². The first-order valence-electron chi connectivity index (χ1n) is 14.0. The number of rotatable bonds is 9.